The van der Waals surface area contributed by atoms with E-state index in [1.54, 1.807) is 0 Å². The van der Waals surface area contributed by atoms with Gasteiger partial charge in [0.25, 0.3) is 0 Å². The third kappa shape index (κ3) is 1.31. The van der Waals surface area contributed by atoms with Crippen LogP contribution in [0.5, 0.6) is 0 Å². The quantitative estimate of drug-likeness (QED) is 0.638. The lowest BCUT2D eigenvalue weighted by molar-refractivity contribution is 0.275. The predicted molar refractivity (Wildman–Crippen MR) is 65.2 cm³/mol. The minimum absolute atomic E-state index is 0.330. The molecule has 2 aliphatic rings. The molecule has 1 aromatic heterocycles. The van der Waals surface area contributed by atoms with E-state index in [1.165, 1.54) is 23.3 Å². The van der Waals surface area contributed by atoms with Crippen molar-refractivity contribution in [2.24, 2.45) is 11.3 Å². The average Bonchev–Trinajstić information content (AvgIpc) is 2.65. The number of hydrogen-bond donors (Lipinski definition) is 0. The molecule has 1 heteroatoms. The third-order valence-corrected chi connectivity index (χ3v) is 4.54. The SMILES string of the molecule is C[C@@H]1C=CC=C2Cc3occc3CC[C@]21C. The van der Waals surface area contributed by atoms with Crippen molar-refractivity contribution in [1.82, 2.24) is 0 Å². The van der Waals surface area contributed by atoms with Crippen molar-refractivity contribution in [2.75, 3.05) is 0 Å². The molecule has 0 radical (unpaired) electrons. The summed E-state index contributed by atoms with van der Waals surface area (Å²) in [5.74, 6) is 1.81. The Hall–Kier alpha value is -1.24. The number of rotatable bonds is 0. The molecule has 0 spiro atoms. The maximum absolute atomic E-state index is 5.60. The van der Waals surface area contributed by atoms with Gasteiger partial charge in [-0.3, -0.25) is 0 Å². The Balaban J connectivity index is 2.04. The Kier molecular flexibility index (Phi) is 2.10. The van der Waals surface area contributed by atoms with Crippen LogP contribution in [-0.4, -0.2) is 0 Å². The van der Waals surface area contributed by atoms with Crippen molar-refractivity contribution < 1.29 is 4.42 Å². The fraction of sp³-hybridized carbons (Fsp3) is 0.467. The van der Waals surface area contributed by atoms with Crippen LogP contribution in [0.3, 0.4) is 0 Å². The van der Waals surface area contributed by atoms with Gasteiger partial charge in [-0.25, -0.2) is 0 Å². The summed E-state index contributed by atoms with van der Waals surface area (Å²) in [7, 11) is 0. The van der Waals surface area contributed by atoms with Crippen molar-refractivity contribution >= 4 is 0 Å². The van der Waals surface area contributed by atoms with Gasteiger partial charge in [0.2, 0.25) is 0 Å². The van der Waals surface area contributed by atoms with Crippen LogP contribution in [0.1, 0.15) is 31.6 Å². The second kappa shape index (κ2) is 3.38. The summed E-state index contributed by atoms with van der Waals surface area (Å²) in [4.78, 5) is 0. The lowest BCUT2D eigenvalue weighted by atomic mass is 9.67. The number of fused-ring (bicyclic) bond motifs is 2. The zero-order valence-electron chi connectivity index (χ0n) is 9.99. The molecule has 0 aliphatic heterocycles. The summed E-state index contributed by atoms with van der Waals surface area (Å²) >= 11 is 0. The van der Waals surface area contributed by atoms with E-state index in [0.717, 1.165) is 12.8 Å². The van der Waals surface area contributed by atoms with Crippen LogP contribution in [0.25, 0.3) is 0 Å². The first-order valence-electron chi connectivity index (χ1n) is 6.13. The fourth-order valence-electron chi connectivity index (χ4n) is 2.99. The molecule has 0 fully saturated rings. The summed E-state index contributed by atoms with van der Waals surface area (Å²) in [6, 6.07) is 2.13. The van der Waals surface area contributed by atoms with E-state index in [9.17, 15) is 0 Å². The summed E-state index contributed by atoms with van der Waals surface area (Å²) in [5, 5.41) is 0. The molecule has 0 saturated carbocycles. The van der Waals surface area contributed by atoms with Gasteiger partial charge in [0, 0.05) is 6.42 Å². The topological polar surface area (TPSA) is 13.1 Å². The van der Waals surface area contributed by atoms with E-state index in [-0.39, 0.29) is 0 Å². The number of aryl methyl sites for hydroxylation is 1. The van der Waals surface area contributed by atoms with E-state index in [0.29, 0.717) is 11.3 Å². The summed E-state index contributed by atoms with van der Waals surface area (Å²) in [6.45, 7) is 4.73. The summed E-state index contributed by atoms with van der Waals surface area (Å²) in [6.07, 6.45) is 12.0. The minimum atomic E-state index is 0.330. The van der Waals surface area contributed by atoms with Crippen LogP contribution in [0.15, 0.2) is 40.5 Å². The molecule has 0 N–H and O–H groups in total. The van der Waals surface area contributed by atoms with Crippen molar-refractivity contribution in [1.29, 1.82) is 0 Å². The highest BCUT2D eigenvalue weighted by Crippen LogP contribution is 2.46. The van der Waals surface area contributed by atoms with Crippen LogP contribution in [0.2, 0.25) is 0 Å². The highest BCUT2D eigenvalue weighted by Gasteiger charge is 2.37. The molecule has 0 bridgehead atoms. The van der Waals surface area contributed by atoms with Crippen molar-refractivity contribution in [3.63, 3.8) is 0 Å². The minimum Gasteiger partial charge on any atom is -0.469 e. The molecule has 0 aromatic carbocycles. The van der Waals surface area contributed by atoms with Gasteiger partial charge < -0.3 is 4.42 Å². The monoisotopic (exact) mass is 214 g/mol. The maximum Gasteiger partial charge on any atom is 0.111 e. The van der Waals surface area contributed by atoms with E-state index in [4.69, 9.17) is 4.42 Å². The molecule has 1 heterocycles. The molecule has 16 heavy (non-hydrogen) atoms. The van der Waals surface area contributed by atoms with Gasteiger partial charge in [-0.1, -0.05) is 37.6 Å². The van der Waals surface area contributed by atoms with E-state index in [2.05, 4.69) is 38.1 Å². The smallest absolute Gasteiger partial charge is 0.111 e. The van der Waals surface area contributed by atoms with Crippen molar-refractivity contribution in [2.45, 2.75) is 33.1 Å². The first-order valence-corrected chi connectivity index (χ1v) is 6.13. The van der Waals surface area contributed by atoms with E-state index < -0.39 is 0 Å². The van der Waals surface area contributed by atoms with Gasteiger partial charge in [-0.2, -0.15) is 0 Å². The summed E-state index contributed by atoms with van der Waals surface area (Å²) in [5.41, 5.74) is 3.27. The Labute approximate surface area is 96.8 Å². The number of furan rings is 1. The maximum atomic E-state index is 5.60. The van der Waals surface area contributed by atoms with Gasteiger partial charge in [0.15, 0.2) is 0 Å². The van der Waals surface area contributed by atoms with Crippen LogP contribution in [-0.2, 0) is 12.8 Å². The Morgan fingerprint density at radius 3 is 3.19 bits per heavy atom. The highest BCUT2D eigenvalue weighted by molar-refractivity contribution is 5.35. The predicted octanol–water partition coefficient (Wildman–Crippen LogP) is 3.91. The average molecular weight is 214 g/mol. The molecular weight excluding hydrogens is 196 g/mol. The van der Waals surface area contributed by atoms with Crippen molar-refractivity contribution in [3.8, 4) is 0 Å². The lowest BCUT2D eigenvalue weighted by Crippen LogP contribution is -2.28. The zero-order valence-corrected chi connectivity index (χ0v) is 9.99. The second-order valence-corrected chi connectivity index (χ2v) is 5.33. The molecule has 84 valence electrons. The molecule has 3 rings (SSSR count). The van der Waals surface area contributed by atoms with Gasteiger partial charge in [0.05, 0.1) is 6.26 Å². The molecule has 1 aromatic rings. The number of hydrogen-bond acceptors (Lipinski definition) is 1. The molecule has 2 atom stereocenters. The number of allylic oxidation sites excluding steroid dienone is 4. The Morgan fingerprint density at radius 2 is 2.31 bits per heavy atom. The molecule has 1 nitrogen and oxygen atoms in total. The van der Waals surface area contributed by atoms with Crippen molar-refractivity contribution in [3.05, 3.63) is 47.5 Å². The largest absolute Gasteiger partial charge is 0.469 e. The first-order chi connectivity index (χ1) is 7.70. The van der Waals surface area contributed by atoms with Gasteiger partial charge in [-0.05, 0) is 35.8 Å². The molecule has 2 aliphatic carbocycles. The molecule has 0 unspecified atom stereocenters. The van der Waals surface area contributed by atoms with Crippen LogP contribution in [0.4, 0.5) is 0 Å². The Morgan fingerprint density at radius 1 is 1.44 bits per heavy atom. The standard InChI is InChI=1S/C15H18O/c1-11-4-3-5-13-10-14-12(7-9-16-14)6-8-15(11,13)2/h3-5,7,9,11H,6,8,10H2,1-2H3/t11-,15+/m1/s1. The van der Waals surface area contributed by atoms with Crippen LogP contribution < -0.4 is 0 Å². The zero-order chi connectivity index (χ0) is 11.2. The summed E-state index contributed by atoms with van der Waals surface area (Å²) < 4.78 is 5.60. The normalized spacial score (nSPS) is 32.6. The van der Waals surface area contributed by atoms with Gasteiger partial charge in [0.1, 0.15) is 5.76 Å². The second-order valence-electron chi connectivity index (χ2n) is 5.33. The molecule has 0 amide bonds. The molecule has 0 saturated heterocycles. The van der Waals surface area contributed by atoms with Crippen LogP contribution >= 0.6 is 0 Å². The van der Waals surface area contributed by atoms with Crippen LogP contribution in [0, 0.1) is 11.3 Å². The Bertz CT molecular complexity index is 464. The fourth-order valence-corrected chi connectivity index (χ4v) is 2.99. The van der Waals surface area contributed by atoms with E-state index >= 15 is 0 Å². The van der Waals surface area contributed by atoms with Gasteiger partial charge >= 0.3 is 0 Å². The third-order valence-electron chi connectivity index (χ3n) is 4.54. The highest BCUT2D eigenvalue weighted by atomic mass is 16.3. The van der Waals surface area contributed by atoms with Gasteiger partial charge in [-0.15, -0.1) is 0 Å². The lowest BCUT2D eigenvalue weighted by Gasteiger charge is -2.37. The van der Waals surface area contributed by atoms with E-state index in [1.807, 2.05) is 6.26 Å². The first kappa shape index (κ1) is 9.95. The molecular formula is C15H18O.